The number of aromatic amines is 1. The largest absolute Gasteiger partial charge is 0.309 e. The molecule has 0 amide bonds. The van der Waals surface area contributed by atoms with E-state index in [1.807, 2.05) is 43.4 Å². The average Bonchev–Trinajstić information content (AvgIpc) is 2.55. The van der Waals surface area contributed by atoms with E-state index in [-0.39, 0.29) is 11.6 Å². The molecule has 1 aromatic heterocycles. The Kier molecular flexibility index (Phi) is 4.02. The summed E-state index contributed by atoms with van der Waals surface area (Å²) in [4.78, 5) is 21.8. The number of hydrogen-bond donors (Lipinski definition) is 1. The third-order valence-electron chi connectivity index (χ3n) is 3.96. The van der Waals surface area contributed by atoms with Crippen molar-refractivity contribution in [1.82, 2.24) is 14.9 Å². The summed E-state index contributed by atoms with van der Waals surface area (Å²) in [5.41, 5.74) is 1.89. The molecule has 0 spiro atoms. The zero-order valence-electron chi connectivity index (χ0n) is 12.8. The molecule has 0 aliphatic heterocycles. The van der Waals surface area contributed by atoms with Gasteiger partial charge in [-0.25, -0.2) is 4.98 Å². The smallest absolute Gasteiger partial charge is 0.258 e. The molecule has 112 valence electrons. The molecule has 1 heterocycles. The third kappa shape index (κ3) is 2.92. The number of fused-ring (bicyclic) bond motifs is 1. The summed E-state index contributed by atoms with van der Waals surface area (Å²) in [5, 5.41) is 0.629. The van der Waals surface area contributed by atoms with Crippen LogP contribution in [0.25, 0.3) is 10.9 Å². The van der Waals surface area contributed by atoms with Gasteiger partial charge in [-0.1, -0.05) is 42.5 Å². The first-order valence-electron chi connectivity index (χ1n) is 7.38. The first-order valence-corrected chi connectivity index (χ1v) is 7.38. The molecule has 0 aliphatic rings. The first kappa shape index (κ1) is 14.5. The van der Waals surface area contributed by atoms with Gasteiger partial charge in [0.05, 0.1) is 16.9 Å². The number of para-hydroxylation sites is 1. The number of benzene rings is 2. The van der Waals surface area contributed by atoms with Gasteiger partial charge in [0.1, 0.15) is 5.82 Å². The molecule has 3 rings (SSSR count). The Labute approximate surface area is 129 Å². The van der Waals surface area contributed by atoms with E-state index >= 15 is 0 Å². The highest BCUT2D eigenvalue weighted by atomic mass is 16.1. The molecular weight excluding hydrogens is 274 g/mol. The number of rotatable bonds is 4. The summed E-state index contributed by atoms with van der Waals surface area (Å²) in [6, 6.07) is 17.7. The van der Waals surface area contributed by atoms with Crippen molar-refractivity contribution in [2.24, 2.45) is 0 Å². The average molecular weight is 293 g/mol. The van der Waals surface area contributed by atoms with Crippen LogP contribution in [-0.4, -0.2) is 21.9 Å². The molecule has 0 saturated carbocycles. The van der Waals surface area contributed by atoms with E-state index in [2.05, 4.69) is 33.9 Å². The minimum absolute atomic E-state index is 0.0255. The van der Waals surface area contributed by atoms with Gasteiger partial charge >= 0.3 is 0 Å². The second-order valence-corrected chi connectivity index (χ2v) is 5.55. The van der Waals surface area contributed by atoms with Crippen molar-refractivity contribution >= 4 is 10.9 Å². The molecule has 0 bridgehead atoms. The van der Waals surface area contributed by atoms with Crippen molar-refractivity contribution in [3.8, 4) is 0 Å². The summed E-state index contributed by atoms with van der Waals surface area (Å²) < 4.78 is 0. The molecule has 2 aromatic carbocycles. The Morgan fingerprint density at radius 3 is 2.55 bits per heavy atom. The lowest BCUT2D eigenvalue weighted by atomic mass is 10.2. The summed E-state index contributed by atoms with van der Waals surface area (Å²) in [5.74, 6) is 0.696. The fourth-order valence-electron chi connectivity index (χ4n) is 2.52. The van der Waals surface area contributed by atoms with Crippen molar-refractivity contribution in [2.45, 2.75) is 19.5 Å². The van der Waals surface area contributed by atoms with Crippen LogP contribution in [0.4, 0.5) is 0 Å². The van der Waals surface area contributed by atoms with Gasteiger partial charge in [0.15, 0.2) is 0 Å². The van der Waals surface area contributed by atoms with Gasteiger partial charge < -0.3 is 4.98 Å². The maximum atomic E-state index is 12.2. The topological polar surface area (TPSA) is 49.0 Å². The number of aromatic nitrogens is 2. The Morgan fingerprint density at radius 1 is 1.09 bits per heavy atom. The summed E-state index contributed by atoms with van der Waals surface area (Å²) in [6.07, 6.45) is 0. The lowest BCUT2D eigenvalue weighted by Gasteiger charge is -2.24. The van der Waals surface area contributed by atoms with Crippen molar-refractivity contribution < 1.29 is 0 Å². The summed E-state index contributed by atoms with van der Waals surface area (Å²) in [6.45, 7) is 2.86. The van der Waals surface area contributed by atoms with E-state index in [0.717, 1.165) is 12.1 Å². The van der Waals surface area contributed by atoms with E-state index in [1.165, 1.54) is 5.56 Å². The Morgan fingerprint density at radius 2 is 1.77 bits per heavy atom. The lowest BCUT2D eigenvalue weighted by molar-refractivity contribution is 0.244. The van der Waals surface area contributed by atoms with Crippen molar-refractivity contribution in [1.29, 1.82) is 0 Å². The molecule has 0 saturated heterocycles. The number of H-pyrrole nitrogens is 1. The SMILES string of the molecule is CC(c1nc2ccccc2c(=O)[nH]1)N(C)Cc1ccccc1. The number of nitrogens with zero attached hydrogens (tertiary/aromatic N) is 2. The van der Waals surface area contributed by atoms with Gasteiger partial charge in [0.25, 0.3) is 5.56 Å². The molecular formula is C18H19N3O. The second kappa shape index (κ2) is 6.12. The van der Waals surface area contributed by atoms with Crippen LogP contribution < -0.4 is 5.56 Å². The van der Waals surface area contributed by atoms with Gasteiger partial charge in [0, 0.05) is 6.54 Å². The van der Waals surface area contributed by atoms with Gasteiger partial charge in [-0.05, 0) is 31.7 Å². The maximum Gasteiger partial charge on any atom is 0.258 e. The molecule has 3 aromatic rings. The second-order valence-electron chi connectivity index (χ2n) is 5.55. The zero-order chi connectivity index (χ0) is 15.5. The van der Waals surface area contributed by atoms with E-state index in [9.17, 15) is 4.79 Å². The highest BCUT2D eigenvalue weighted by Crippen LogP contribution is 2.18. The molecule has 0 aliphatic carbocycles. The van der Waals surface area contributed by atoms with Crippen LogP contribution in [0.1, 0.15) is 24.4 Å². The third-order valence-corrected chi connectivity index (χ3v) is 3.96. The van der Waals surface area contributed by atoms with Crippen LogP contribution in [0.15, 0.2) is 59.4 Å². The monoisotopic (exact) mass is 293 g/mol. The minimum Gasteiger partial charge on any atom is -0.309 e. The Hall–Kier alpha value is -2.46. The molecule has 4 heteroatoms. The first-order chi connectivity index (χ1) is 10.6. The molecule has 1 atom stereocenters. The zero-order valence-corrected chi connectivity index (χ0v) is 12.8. The molecule has 0 radical (unpaired) electrons. The number of hydrogen-bond acceptors (Lipinski definition) is 3. The minimum atomic E-state index is -0.0828. The summed E-state index contributed by atoms with van der Waals surface area (Å²) >= 11 is 0. The lowest BCUT2D eigenvalue weighted by Crippen LogP contribution is -2.25. The van der Waals surface area contributed by atoms with Crippen molar-refractivity contribution in [3.63, 3.8) is 0 Å². The van der Waals surface area contributed by atoms with Crippen LogP contribution in [0.2, 0.25) is 0 Å². The van der Waals surface area contributed by atoms with E-state index in [1.54, 1.807) is 6.07 Å². The van der Waals surface area contributed by atoms with Crippen LogP contribution in [0.5, 0.6) is 0 Å². The number of nitrogens with one attached hydrogen (secondary N) is 1. The maximum absolute atomic E-state index is 12.2. The molecule has 1 N–H and O–H groups in total. The van der Waals surface area contributed by atoms with E-state index in [0.29, 0.717) is 11.2 Å². The predicted octanol–water partition coefficient (Wildman–Crippen LogP) is 3.12. The van der Waals surface area contributed by atoms with Gasteiger partial charge in [-0.15, -0.1) is 0 Å². The quantitative estimate of drug-likeness (QED) is 0.804. The normalized spacial score (nSPS) is 12.7. The predicted molar refractivity (Wildman–Crippen MR) is 88.7 cm³/mol. The van der Waals surface area contributed by atoms with E-state index in [4.69, 9.17) is 0 Å². The van der Waals surface area contributed by atoms with E-state index < -0.39 is 0 Å². The van der Waals surface area contributed by atoms with Gasteiger partial charge in [0.2, 0.25) is 0 Å². The van der Waals surface area contributed by atoms with Gasteiger partial charge in [-0.3, -0.25) is 9.69 Å². The van der Waals surface area contributed by atoms with Crippen LogP contribution in [0, 0.1) is 0 Å². The van der Waals surface area contributed by atoms with Crippen LogP contribution in [0.3, 0.4) is 0 Å². The molecule has 1 unspecified atom stereocenters. The van der Waals surface area contributed by atoms with Crippen LogP contribution >= 0.6 is 0 Å². The van der Waals surface area contributed by atoms with Crippen molar-refractivity contribution in [2.75, 3.05) is 7.05 Å². The fourth-order valence-corrected chi connectivity index (χ4v) is 2.52. The Bertz CT molecular complexity index is 826. The molecule has 4 nitrogen and oxygen atoms in total. The van der Waals surface area contributed by atoms with Gasteiger partial charge in [-0.2, -0.15) is 0 Å². The summed E-state index contributed by atoms with van der Waals surface area (Å²) in [7, 11) is 2.03. The highest BCUT2D eigenvalue weighted by molar-refractivity contribution is 5.77. The fraction of sp³-hybridized carbons (Fsp3) is 0.222. The highest BCUT2D eigenvalue weighted by Gasteiger charge is 2.15. The Balaban J connectivity index is 1.88. The standard InChI is InChI=1S/C18H19N3O/c1-13(21(2)12-14-8-4-3-5-9-14)17-19-16-11-7-6-10-15(16)18(22)20-17/h3-11,13H,12H2,1-2H3,(H,19,20,22). The van der Waals surface area contributed by atoms with Crippen molar-refractivity contribution in [3.05, 3.63) is 76.3 Å². The van der Waals surface area contributed by atoms with Crippen LogP contribution in [-0.2, 0) is 6.54 Å². The molecule has 0 fully saturated rings. The molecule has 22 heavy (non-hydrogen) atoms.